The fourth-order valence-electron chi connectivity index (χ4n) is 1.24. The summed E-state index contributed by atoms with van der Waals surface area (Å²) < 4.78 is 21.6. The molecule has 72 valence electrons. The molecule has 0 heterocycles. The van der Waals surface area contributed by atoms with Gasteiger partial charge in [-0.05, 0) is 35.6 Å². The summed E-state index contributed by atoms with van der Waals surface area (Å²) in [6.07, 6.45) is 2.97. The van der Waals surface area contributed by atoms with Crippen LogP contribution in [0.1, 0.15) is 25.3 Å². The monoisotopic (exact) mass is 197 g/mol. The number of rotatable bonds is 4. The van der Waals surface area contributed by atoms with Gasteiger partial charge in [0.15, 0.2) is 0 Å². The fourth-order valence-corrected chi connectivity index (χ4v) is 1.81. The van der Waals surface area contributed by atoms with Gasteiger partial charge in [-0.25, -0.2) is 0 Å². The van der Waals surface area contributed by atoms with Gasteiger partial charge in [0.25, 0.3) is 0 Å². The van der Waals surface area contributed by atoms with Gasteiger partial charge in [-0.15, -0.1) is 0 Å². The van der Waals surface area contributed by atoms with Gasteiger partial charge in [0.05, 0.1) is 0 Å². The van der Waals surface area contributed by atoms with E-state index in [0.29, 0.717) is 4.90 Å². The Hall–Kier alpha value is -0.670. The summed E-state index contributed by atoms with van der Waals surface area (Å²) in [6, 6.07) is 7.15. The van der Waals surface area contributed by atoms with E-state index in [1.807, 2.05) is 12.1 Å². The van der Waals surface area contributed by atoms with Gasteiger partial charge in [-0.1, -0.05) is 31.5 Å². The second-order valence-electron chi connectivity index (χ2n) is 2.95. The Morgan fingerprint density at radius 1 is 1.38 bits per heavy atom. The van der Waals surface area contributed by atoms with Crippen LogP contribution < -0.4 is 0 Å². The van der Waals surface area contributed by atoms with Crippen molar-refractivity contribution in [2.45, 2.75) is 31.1 Å². The largest absolute Gasteiger partial charge is 0.768 e. The van der Waals surface area contributed by atoms with Crippen LogP contribution in [0.2, 0.25) is 0 Å². The third-order valence-corrected chi connectivity index (χ3v) is 2.71. The van der Waals surface area contributed by atoms with Crippen molar-refractivity contribution >= 4 is 11.1 Å². The number of unbranched alkanes of at least 4 members (excludes halogenated alkanes) is 1. The van der Waals surface area contributed by atoms with Gasteiger partial charge in [-0.2, -0.15) is 0 Å². The Bertz CT molecular complexity index is 297. The summed E-state index contributed by atoms with van der Waals surface area (Å²) in [5, 5.41) is 0. The Morgan fingerprint density at radius 3 is 2.69 bits per heavy atom. The highest BCUT2D eigenvalue weighted by Gasteiger charge is 2.00. The van der Waals surface area contributed by atoms with Crippen LogP contribution in [0, 0.1) is 0 Å². The molecule has 1 unspecified atom stereocenters. The van der Waals surface area contributed by atoms with E-state index >= 15 is 0 Å². The van der Waals surface area contributed by atoms with E-state index in [2.05, 4.69) is 6.92 Å². The summed E-state index contributed by atoms with van der Waals surface area (Å²) in [5.74, 6) is 0. The second kappa shape index (κ2) is 5.14. The summed E-state index contributed by atoms with van der Waals surface area (Å²) in [5.41, 5.74) is 0.928. The molecule has 1 aromatic carbocycles. The van der Waals surface area contributed by atoms with Crippen LogP contribution in [0.3, 0.4) is 0 Å². The van der Waals surface area contributed by atoms with Crippen molar-refractivity contribution in [3.8, 4) is 0 Å². The highest BCUT2D eigenvalue weighted by atomic mass is 32.2. The zero-order valence-corrected chi connectivity index (χ0v) is 8.47. The van der Waals surface area contributed by atoms with Crippen LogP contribution >= 0.6 is 0 Å². The van der Waals surface area contributed by atoms with Crippen molar-refractivity contribution < 1.29 is 8.76 Å². The van der Waals surface area contributed by atoms with Gasteiger partial charge < -0.3 is 4.55 Å². The molecule has 0 aliphatic rings. The van der Waals surface area contributed by atoms with Gasteiger partial charge in [0, 0.05) is 4.90 Å². The minimum Gasteiger partial charge on any atom is -0.768 e. The maximum atomic E-state index is 10.8. The van der Waals surface area contributed by atoms with Crippen LogP contribution in [0.15, 0.2) is 29.2 Å². The third-order valence-electron chi connectivity index (χ3n) is 1.95. The molecule has 0 aliphatic heterocycles. The molecule has 3 heteroatoms. The quantitative estimate of drug-likeness (QED) is 0.695. The van der Waals surface area contributed by atoms with Gasteiger partial charge in [-0.3, -0.25) is 4.21 Å². The smallest absolute Gasteiger partial charge is 0.0280 e. The zero-order valence-electron chi connectivity index (χ0n) is 7.66. The van der Waals surface area contributed by atoms with Crippen molar-refractivity contribution in [2.75, 3.05) is 0 Å². The fraction of sp³-hybridized carbons (Fsp3) is 0.400. The number of hydrogen-bond donors (Lipinski definition) is 0. The first-order chi connectivity index (χ1) is 6.25. The highest BCUT2D eigenvalue weighted by molar-refractivity contribution is 7.79. The lowest BCUT2D eigenvalue weighted by Crippen LogP contribution is -1.96. The molecule has 0 aromatic heterocycles. The minimum atomic E-state index is -2.09. The molecule has 0 amide bonds. The lowest BCUT2D eigenvalue weighted by atomic mass is 10.1. The first kappa shape index (κ1) is 10.4. The molecule has 0 aliphatic carbocycles. The highest BCUT2D eigenvalue weighted by Crippen LogP contribution is 2.14. The van der Waals surface area contributed by atoms with Crippen LogP contribution in [0.5, 0.6) is 0 Å². The van der Waals surface area contributed by atoms with E-state index in [1.54, 1.807) is 12.1 Å². The lowest BCUT2D eigenvalue weighted by Gasteiger charge is -2.10. The Kier molecular flexibility index (Phi) is 4.12. The molecule has 0 saturated heterocycles. The summed E-state index contributed by atoms with van der Waals surface area (Å²) >= 11 is -2.09. The number of aryl methyl sites for hydroxylation is 1. The Morgan fingerprint density at radius 2 is 2.08 bits per heavy atom. The van der Waals surface area contributed by atoms with E-state index < -0.39 is 11.1 Å². The molecule has 0 saturated carbocycles. The molecular weight excluding hydrogens is 184 g/mol. The van der Waals surface area contributed by atoms with Crippen molar-refractivity contribution in [3.63, 3.8) is 0 Å². The molecule has 0 N–H and O–H groups in total. The Labute approximate surface area is 81.3 Å². The maximum absolute atomic E-state index is 10.8. The molecule has 0 fully saturated rings. The van der Waals surface area contributed by atoms with E-state index in [4.69, 9.17) is 0 Å². The average Bonchev–Trinajstić information content (AvgIpc) is 2.15. The molecular formula is C10H13O2S-. The predicted octanol–water partition coefficient (Wildman–Crippen LogP) is 2.27. The summed E-state index contributed by atoms with van der Waals surface area (Å²) in [7, 11) is 0. The van der Waals surface area contributed by atoms with Crippen molar-refractivity contribution in [2.24, 2.45) is 0 Å². The van der Waals surface area contributed by atoms with Crippen LogP contribution in [-0.2, 0) is 17.5 Å². The van der Waals surface area contributed by atoms with Crippen LogP contribution in [0.4, 0.5) is 0 Å². The van der Waals surface area contributed by atoms with E-state index in [1.165, 1.54) is 0 Å². The molecule has 0 spiro atoms. The van der Waals surface area contributed by atoms with Crippen molar-refractivity contribution in [1.82, 2.24) is 0 Å². The molecule has 2 nitrogen and oxygen atoms in total. The number of benzene rings is 1. The third kappa shape index (κ3) is 2.94. The standard InChI is InChI=1S/C10H14O2S/c1-2-3-6-9-7-4-5-8-10(9)13(11)12/h4-5,7-8H,2-3,6H2,1H3,(H,11,12)/p-1. The minimum absolute atomic E-state index is 0.441. The molecule has 1 aromatic rings. The Balaban J connectivity index is 2.84. The summed E-state index contributed by atoms with van der Waals surface area (Å²) in [4.78, 5) is 0.441. The molecule has 1 atom stereocenters. The van der Waals surface area contributed by atoms with E-state index in [-0.39, 0.29) is 0 Å². The van der Waals surface area contributed by atoms with Crippen LogP contribution in [-0.4, -0.2) is 8.76 Å². The van der Waals surface area contributed by atoms with E-state index in [9.17, 15) is 8.76 Å². The molecule has 0 radical (unpaired) electrons. The second-order valence-corrected chi connectivity index (χ2v) is 3.86. The molecule has 1 rings (SSSR count). The summed E-state index contributed by atoms with van der Waals surface area (Å²) in [6.45, 7) is 2.09. The SMILES string of the molecule is CCCCc1ccccc1S(=O)[O-]. The predicted molar refractivity (Wildman–Crippen MR) is 52.2 cm³/mol. The van der Waals surface area contributed by atoms with Gasteiger partial charge >= 0.3 is 0 Å². The van der Waals surface area contributed by atoms with E-state index in [0.717, 1.165) is 24.8 Å². The average molecular weight is 197 g/mol. The van der Waals surface area contributed by atoms with Gasteiger partial charge in [0.2, 0.25) is 0 Å². The lowest BCUT2D eigenvalue weighted by molar-refractivity contribution is 0.535. The first-order valence-corrected chi connectivity index (χ1v) is 5.50. The zero-order chi connectivity index (χ0) is 9.68. The topological polar surface area (TPSA) is 40.1 Å². The molecule has 13 heavy (non-hydrogen) atoms. The van der Waals surface area contributed by atoms with Crippen LogP contribution in [0.25, 0.3) is 0 Å². The maximum Gasteiger partial charge on any atom is 0.0280 e. The van der Waals surface area contributed by atoms with Gasteiger partial charge in [0.1, 0.15) is 0 Å². The normalized spacial score (nSPS) is 12.8. The van der Waals surface area contributed by atoms with Crippen molar-refractivity contribution in [3.05, 3.63) is 29.8 Å². The van der Waals surface area contributed by atoms with Crippen molar-refractivity contribution in [1.29, 1.82) is 0 Å². The first-order valence-electron chi connectivity index (χ1n) is 4.43. The number of hydrogen-bond acceptors (Lipinski definition) is 2. The molecule has 0 bridgehead atoms.